The second-order valence-corrected chi connectivity index (χ2v) is 4.04. The molecule has 3 heteroatoms. The van der Waals surface area contributed by atoms with Gasteiger partial charge in [0.25, 0.3) is 0 Å². The molecule has 2 aromatic rings. The molecule has 0 aliphatic carbocycles. The summed E-state index contributed by atoms with van der Waals surface area (Å²) in [6, 6.07) is 9.19. The molecule has 1 aliphatic rings. The zero-order valence-electron chi connectivity index (χ0n) is 8.59. The van der Waals surface area contributed by atoms with E-state index in [9.17, 15) is 0 Å². The van der Waals surface area contributed by atoms with Gasteiger partial charge in [-0.25, -0.2) is 0 Å². The van der Waals surface area contributed by atoms with Crippen molar-refractivity contribution in [3.05, 3.63) is 36.0 Å². The average Bonchev–Trinajstić information content (AvgIpc) is 2.77. The van der Waals surface area contributed by atoms with E-state index in [1.807, 2.05) is 6.20 Å². The lowest BCUT2D eigenvalue weighted by molar-refractivity contribution is 0.430. The van der Waals surface area contributed by atoms with E-state index in [4.69, 9.17) is 0 Å². The van der Waals surface area contributed by atoms with Gasteiger partial charge in [-0.05, 0) is 29.1 Å². The number of H-pyrrole nitrogens is 1. The van der Waals surface area contributed by atoms with Crippen LogP contribution in [0, 0.1) is 0 Å². The fraction of sp³-hybridized carbons (Fsp3) is 0.333. The molecule has 0 amide bonds. The van der Waals surface area contributed by atoms with Crippen LogP contribution in [0.4, 0.5) is 0 Å². The van der Waals surface area contributed by atoms with Crippen molar-refractivity contribution in [2.24, 2.45) is 0 Å². The van der Waals surface area contributed by atoms with Crippen LogP contribution in [0.3, 0.4) is 0 Å². The Morgan fingerprint density at radius 3 is 3.00 bits per heavy atom. The van der Waals surface area contributed by atoms with Crippen molar-refractivity contribution in [3.63, 3.8) is 0 Å². The molecule has 15 heavy (non-hydrogen) atoms. The second kappa shape index (κ2) is 3.68. The normalized spacial score (nSPS) is 22.0. The summed E-state index contributed by atoms with van der Waals surface area (Å²) in [4.78, 5) is 3.21. The smallest absolute Gasteiger partial charge is 0.0454 e. The highest BCUT2D eigenvalue weighted by Crippen LogP contribution is 2.19. The van der Waals surface area contributed by atoms with Gasteiger partial charge in [0.2, 0.25) is 0 Å². The molecule has 1 aromatic heterocycles. The van der Waals surface area contributed by atoms with Gasteiger partial charge in [-0.15, -0.1) is 0 Å². The summed E-state index contributed by atoms with van der Waals surface area (Å²) in [5.74, 6) is 0. The Morgan fingerprint density at radius 2 is 2.13 bits per heavy atom. The van der Waals surface area contributed by atoms with Gasteiger partial charge in [-0.2, -0.15) is 0 Å². The molecule has 1 saturated heterocycles. The molecule has 0 bridgehead atoms. The van der Waals surface area contributed by atoms with E-state index in [-0.39, 0.29) is 0 Å². The first-order valence-corrected chi connectivity index (χ1v) is 5.44. The molecule has 0 radical (unpaired) electrons. The van der Waals surface area contributed by atoms with Gasteiger partial charge in [-0.3, -0.25) is 0 Å². The van der Waals surface area contributed by atoms with Crippen LogP contribution in [0.25, 0.3) is 10.9 Å². The Morgan fingerprint density at radius 1 is 1.13 bits per heavy atom. The van der Waals surface area contributed by atoms with Crippen LogP contribution in [0.15, 0.2) is 30.5 Å². The van der Waals surface area contributed by atoms with Crippen molar-refractivity contribution in [1.82, 2.24) is 15.6 Å². The highest BCUT2D eigenvalue weighted by Gasteiger charge is 2.14. The van der Waals surface area contributed by atoms with Crippen LogP contribution in [0.1, 0.15) is 11.6 Å². The molecular formula is C12H15N3. The Balaban J connectivity index is 1.95. The maximum atomic E-state index is 3.52. The minimum Gasteiger partial charge on any atom is -0.361 e. The lowest BCUT2D eigenvalue weighted by atomic mass is 10.0. The molecule has 1 aliphatic heterocycles. The maximum Gasteiger partial charge on any atom is 0.0454 e. The van der Waals surface area contributed by atoms with Gasteiger partial charge >= 0.3 is 0 Å². The molecule has 3 rings (SSSR count). The van der Waals surface area contributed by atoms with E-state index in [1.54, 1.807) is 0 Å². The minimum absolute atomic E-state index is 0.457. The number of rotatable bonds is 1. The average molecular weight is 201 g/mol. The van der Waals surface area contributed by atoms with Gasteiger partial charge in [-0.1, -0.05) is 6.07 Å². The number of hydrogen-bond donors (Lipinski definition) is 3. The maximum absolute atomic E-state index is 3.52. The standard InChI is InChI=1S/C12H15N3/c1-2-11-10(3-4-14-11)7-9(1)12-8-13-5-6-15-12/h1-4,7,12-15H,5-6,8H2/t12-/m1/s1. The molecule has 2 heterocycles. The van der Waals surface area contributed by atoms with E-state index in [2.05, 4.69) is 39.9 Å². The third-order valence-electron chi connectivity index (χ3n) is 3.02. The number of fused-ring (bicyclic) bond motifs is 1. The third-order valence-corrected chi connectivity index (χ3v) is 3.02. The van der Waals surface area contributed by atoms with Crippen molar-refractivity contribution in [2.75, 3.05) is 19.6 Å². The van der Waals surface area contributed by atoms with Crippen molar-refractivity contribution in [1.29, 1.82) is 0 Å². The molecule has 1 fully saturated rings. The van der Waals surface area contributed by atoms with E-state index in [1.165, 1.54) is 16.5 Å². The fourth-order valence-electron chi connectivity index (χ4n) is 2.18. The lowest BCUT2D eigenvalue weighted by Crippen LogP contribution is -2.42. The Kier molecular flexibility index (Phi) is 2.19. The van der Waals surface area contributed by atoms with Gasteiger partial charge in [0.1, 0.15) is 0 Å². The van der Waals surface area contributed by atoms with Crippen LogP contribution in [0.2, 0.25) is 0 Å². The lowest BCUT2D eigenvalue weighted by Gasteiger charge is -2.24. The number of nitrogens with one attached hydrogen (secondary N) is 3. The largest absolute Gasteiger partial charge is 0.361 e. The number of hydrogen-bond acceptors (Lipinski definition) is 2. The molecule has 3 N–H and O–H groups in total. The highest BCUT2D eigenvalue weighted by molar-refractivity contribution is 5.80. The summed E-state index contributed by atoms with van der Waals surface area (Å²) in [7, 11) is 0. The minimum atomic E-state index is 0.457. The fourth-order valence-corrected chi connectivity index (χ4v) is 2.18. The summed E-state index contributed by atoms with van der Waals surface area (Å²) in [6.07, 6.45) is 1.99. The second-order valence-electron chi connectivity index (χ2n) is 4.04. The zero-order chi connectivity index (χ0) is 10.1. The summed E-state index contributed by atoms with van der Waals surface area (Å²) in [5, 5.41) is 8.22. The predicted octanol–water partition coefficient (Wildman–Crippen LogP) is 1.40. The van der Waals surface area contributed by atoms with Crippen LogP contribution in [0.5, 0.6) is 0 Å². The number of aromatic amines is 1. The van der Waals surface area contributed by atoms with E-state index >= 15 is 0 Å². The molecule has 0 unspecified atom stereocenters. The monoisotopic (exact) mass is 201 g/mol. The van der Waals surface area contributed by atoms with Crippen molar-refractivity contribution >= 4 is 10.9 Å². The predicted molar refractivity (Wildman–Crippen MR) is 61.9 cm³/mol. The first-order chi connectivity index (χ1) is 7.43. The summed E-state index contributed by atoms with van der Waals surface area (Å²) >= 11 is 0. The molecule has 0 spiro atoms. The number of piperazine rings is 1. The van der Waals surface area contributed by atoms with Gasteiger partial charge in [0.15, 0.2) is 0 Å². The Hall–Kier alpha value is -1.32. The Labute approximate surface area is 88.9 Å². The topological polar surface area (TPSA) is 39.8 Å². The van der Waals surface area contributed by atoms with E-state index in [0.717, 1.165) is 19.6 Å². The van der Waals surface area contributed by atoms with Crippen LogP contribution in [-0.4, -0.2) is 24.6 Å². The Bertz CT molecular complexity index is 455. The SMILES string of the molecule is c1cc2cc([C@H]3CNCCN3)ccc2[nH]1. The molecular weight excluding hydrogens is 186 g/mol. The molecule has 1 atom stereocenters. The quantitative estimate of drug-likeness (QED) is 0.652. The first-order valence-electron chi connectivity index (χ1n) is 5.44. The van der Waals surface area contributed by atoms with E-state index < -0.39 is 0 Å². The number of aromatic nitrogens is 1. The van der Waals surface area contributed by atoms with Crippen LogP contribution < -0.4 is 10.6 Å². The van der Waals surface area contributed by atoms with Crippen molar-refractivity contribution in [2.45, 2.75) is 6.04 Å². The van der Waals surface area contributed by atoms with Gasteiger partial charge in [0, 0.05) is 37.4 Å². The highest BCUT2D eigenvalue weighted by atomic mass is 15.1. The van der Waals surface area contributed by atoms with Crippen molar-refractivity contribution < 1.29 is 0 Å². The molecule has 1 aromatic carbocycles. The molecule has 78 valence electrons. The summed E-state index contributed by atoms with van der Waals surface area (Å²) < 4.78 is 0. The van der Waals surface area contributed by atoms with Crippen molar-refractivity contribution in [3.8, 4) is 0 Å². The van der Waals surface area contributed by atoms with Crippen LogP contribution >= 0.6 is 0 Å². The zero-order valence-corrected chi connectivity index (χ0v) is 8.59. The third kappa shape index (κ3) is 1.64. The summed E-state index contributed by atoms with van der Waals surface area (Å²) in [6.45, 7) is 3.15. The van der Waals surface area contributed by atoms with Gasteiger partial charge < -0.3 is 15.6 Å². The van der Waals surface area contributed by atoms with Gasteiger partial charge in [0.05, 0.1) is 0 Å². The molecule has 0 saturated carbocycles. The van der Waals surface area contributed by atoms with E-state index in [0.29, 0.717) is 6.04 Å². The summed E-state index contributed by atoms with van der Waals surface area (Å²) in [5.41, 5.74) is 2.58. The number of benzene rings is 1. The first kappa shape index (κ1) is 8.95. The van der Waals surface area contributed by atoms with Crippen LogP contribution in [-0.2, 0) is 0 Å². The molecule has 3 nitrogen and oxygen atoms in total.